The summed E-state index contributed by atoms with van der Waals surface area (Å²) in [6, 6.07) is 35.0. The Bertz CT molecular complexity index is 1540. The minimum Gasteiger partial charge on any atom is -0.378 e. The van der Waals surface area contributed by atoms with Crippen LogP contribution in [0.1, 0.15) is 46.3 Å². The summed E-state index contributed by atoms with van der Waals surface area (Å²) in [6.45, 7) is 0. The normalized spacial score (nSPS) is 18.5. The molecule has 1 heterocycles. The number of benzene rings is 4. The second-order valence-corrected chi connectivity index (χ2v) is 10.4. The summed E-state index contributed by atoms with van der Waals surface area (Å²) >= 11 is 0. The number of rotatable bonds is 4. The zero-order valence-corrected chi connectivity index (χ0v) is 22.2. The van der Waals surface area contributed by atoms with Gasteiger partial charge in [0.25, 0.3) is 5.91 Å². The van der Waals surface area contributed by atoms with E-state index in [0.29, 0.717) is 24.0 Å². The molecule has 0 saturated carbocycles. The van der Waals surface area contributed by atoms with Crippen molar-refractivity contribution in [2.75, 3.05) is 29.2 Å². The number of fused-ring (bicyclic) bond motifs is 1. The summed E-state index contributed by atoms with van der Waals surface area (Å²) in [5.74, 6) is 0.00137. The molecule has 4 aromatic rings. The van der Waals surface area contributed by atoms with Gasteiger partial charge in [0.1, 0.15) is 0 Å². The Morgan fingerprint density at radius 1 is 0.769 bits per heavy atom. The Hall–Kier alpha value is -4.64. The van der Waals surface area contributed by atoms with Crippen molar-refractivity contribution in [2.24, 2.45) is 0 Å². The van der Waals surface area contributed by atoms with E-state index in [0.717, 1.165) is 33.9 Å². The lowest BCUT2D eigenvalue weighted by Gasteiger charge is -2.35. The Labute approximate surface area is 229 Å². The van der Waals surface area contributed by atoms with Gasteiger partial charge in [-0.2, -0.15) is 0 Å². The quantitative estimate of drug-likeness (QED) is 0.320. The minimum absolute atomic E-state index is 0.0676. The maximum Gasteiger partial charge on any atom is 0.259 e. The Morgan fingerprint density at radius 2 is 1.41 bits per heavy atom. The van der Waals surface area contributed by atoms with Crippen LogP contribution in [-0.2, 0) is 4.79 Å². The standard InChI is InChI=1S/C34H31N3O2/c1-36(2)27-19-17-24(18-20-27)33-32-29(21-26(22-31(32)38)23-11-5-3-6-12-23)35-28-15-9-10-16-30(28)37(33)34(39)25-13-7-4-8-14-25/h3-20,26,33,35H,21-22H2,1-2H3/t26-,33+/m0/s1. The SMILES string of the molecule is CN(C)c1ccc([C@@H]2C3=C(C[C@H](c4ccccc4)CC3=O)Nc3ccccc3N2C(=O)c2ccccc2)cc1. The van der Waals surface area contributed by atoms with E-state index in [2.05, 4.69) is 17.4 Å². The lowest BCUT2D eigenvalue weighted by atomic mass is 9.78. The predicted molar refractivity (Wildman–Crippen MR) is 157 cm³/mol. The lowest BCUT2D eigenvalue weighted by molar-refractivity contribution is -0.116. The predicted octanol–water partition coefficient (Wildman–Crippen LogP) is 6.97. The zero-order valence-electron chi connectivity index (χ0n) is 22.2. The third kappa shape index (κ3) is 4.61. The molecule has 0 radical (unpaired) electrons. The molecule has 0 bridgehead atoms. The van der Waals surface area contributed by atoms with Gasteiger partial charge < -0.3 is 10.2 Å². The zero-order chi connectivity index (χ0) is 26.9. The van der Waals surface area contributed by atoms with Crippen LogP contribution in [0.3, 0.4) is 0 Å². The maximum absolute atomic E-state index is 14.3. The van der Waals surface area contributed by atoms with E-state index in [9.17, 15) is 9.59 Å². The van der Waals surface area contributed by atoms with Crippen LogP contribution in [-0.4, -0.2) is 25.8 Å². The van der Waals surface area contributed by atoms with Gasteiger partial charge in [-0.15, -0.1) is 0 Å². The molecule has 0 spiro atoms. The van der Waals surface area contributed by atoms with Crippen molar-refractivity contribution in [1.29, 1.82) is 0 Å². The molecule has 0 aromatic heterocycles. The Balaban J connectivity index is 1.56. The number of allylic oxidation sites excluding steroid dienone is 1. The average Bonchev–Trinajstić information content (AvgIpc) is 3.12. The number of Topliss-reactive ketones (excluding diaryl/α,β-unsaturated/α-hetero) is 1. The molecule has 1 aliphatic carbocycles. The van der Waals surface area contributed by atoms with Crippen LogP contribution in [0.2, 0.25) is 0 Å². The van der Waals surface area contributed by atoms with Crippen LogP contribution in [0.4, 0.5) is 17.1 Å². The highest BCUT2D eigenvalue weighted by atomic mass is 16.2. The van der Waals surface area contributed by atoms with E-state index in [1.807, 2.05) is 121 Å². The van der Waals surface area contributed by atoms with E-state index in [1.54, 1.807) is 0 Å². The first-order valence-electron chi connectivity index (χ1n) is 13.3. The number of carbonyl (C=O) groups is 2. The van der Waals surface area contributed by atoms with Crippen molar-refractivity contribution in [1.82, 2.24) is 0 Å². The van der Waals surface area contributed by atoms with E-state index >= 15 is 0 Å². The van der Waals surface area contributed by atoms with Crippen molar-refractivity contribution in [3.63, 3.8) is 0 Å². The molecule has 1 N–H and O–H groups in total. The summed E-state index contributed by atoms with van der Waals surface area (Å²) < 4.78 is 0. The number of nitrogens with zero attached hydrogens (tertiary/aromatic N) is 2. The molecule has 194 valence electrons. The highest BCUT2D eigenvalue weighted by Gasteiger charge is 2.41. The summed E-state index contributed by atoms with van der Waals surface area (Å²) in [5.41, 5.74) is 6.83. The van der Waals surface area contributed by atoms with Gasteiger partial charge >= 0.3 is 0 Å². The van der Waals surface area contributed by atoms with Gasteiger partial charge in [-0.1, -0.05) is 72.8 Å². The molecule has 6 rings (SSSR count). The Kier molecular flexibility index (Phi) is 6.49. The van der Waals surface area contributed by atoms with E-state index in [-0.39, 0.29) is 17.6 Å². The van der Waals surface area contributed by atoms with Gasteiger partial charge in [-0.05, 0) is 59.9 Å². The fourth-order valence-corrected chi connectivity index (χ4v) is 5.76. The molecule has 2 aliphatic rings. The van der Waals surface area contributed by atoms with Crippen molar-refractivity contribution in [3.05, 3.63) is 137 Å². The molecule has 0 unspecified atom stereocenters. The average molecular weight is 514 g/mol. The number of para-hydroxylation sites is 2. The molecule has 5 nitrogen and oxygen atoms in total. The van der Waals surface area contributed by atoms with Crippen molar-refractivity contribution in [3.8, 4) is 0 Å². The molecular formula is C34H31N3O2. The van der Waals surface area contributed by atoms with Gasteiger partial charge in [0.05, 0.1) is 17.4 Å². The smallest absolute Gasteiger partial charge is 0.259 e. The van der Waals surface area contributed by atoms with Gasteiger partial charge in [-0.3, -0.25) is 14.5 Å². The first kappa shape index (κ1) is 24.7. The van der Waals surface area contributed by atoms with Crippen LogP contribution < -0.4 is 15.1 Å². The first-order valence-corrected chi connectivity index (χ1v) is 13.3. The number of amides is 1. The van der Waals surface area contributed by atoms with Gasteiger partial charge in [0, 0.05) is 43.0 Å². The first-order chi connectivity index (χ1) is 19.0. The summed E-state index contributed by atoms with van der Waals surface area (Å²) in [4.78, 5) is 32.3. The number of hydrogen-bond acceptors (Lipinski definition) is 4. The largest absolute Gasteiger partial charge is 0.378 e. The van der Waals surface area contributed by atoms with E-state index in [4.69, 9.17) is 0 Å². The molecule has 1 aliphatic heterocycles. The highest BCUT2D eigenvalue weighted by molar-refractivity contribution is 6.12. The monoisotopic (exact) mass is 513 g/mol. The fraction of sp³-hybridized carbons (Fsp3) is 0.176. The van der Waals surface area contributed by atoms with Gasteiger partial charge in [0.15, 0.2) is 5.78 Å². The number of carbonyl (C=O) groups excluding carboxylic acids is 2. The fourth-order valence-electron chi connectivity index (χ4n) is 5.76. The van der Waals surface area contributed by atoms with E-state index in [1.165, 1.54) is 0 Å². The summed E-state index contributed by atoms with van der Waals surface area (Å²) in [7, 11) is 4.00. The van der Waals surface area contributed by atoms with Gasteiger partial charge in [-0.25, -0.2) is 0 Å². The highest BCUT2D eigenvalue weighted by Crippen LogP contribution is 2.48. The molecule has 1 amide bonds. The number of anilines is 3. The number of nitrogens with one attached hydrogen (secondary N) is 1. The molecule has 0 saturated heterocycles. The second-order valence-electron chi connectivity index (χ2n) is 10.4. The van der Waals surface area contributed by atoms with Crippen molar-refractivity contribution < 1.29 is 9.59 Å². The minimum atomic E-state index is -0.565. The lowest BCUT2D eigenvalue weighted by Crippen LogP contribution is -2.38. The molecule has 39 heavy (non-hydrogen) atoms. The molecule has 0 fully saturated rings. The molecule has 2 atom stereocenters. The topological polar surface area (TPSA) is 52.7 Å². The summed E-state index contributed by atoms with van der Waals surface area (Å²) in [6.07, 6.45) is 1.10. The third-order valence-corrected chi connectivity index (χ3v) is 7.72. The summed E-state index contributed by atoms with van der Waals surface area (Å²) in [5, 5.41) is 3.61. The number of hydrogen-bond donors (Lipinski definition) is 1. The van der Waals surface area contributed by atoms with Crippen LogP contribution in [0.15, 0.2) is 120 Å². The van der Waals surface area contributed by atoms with Crippen LogP contribution in [0.25, 0.3) is 0 Å². The van der Waals surface area contributed by atoms with Crippen LogP contribution in [0.5, 0.6) is 0 Å². The second kappa shape index (κ2) is 10.3. The number of ketones is 1. The third-order valence-electron chi connectivity index (χ3n) is 7.72. The molecule has 5 heteroatoms. The molecule has 4 aromatic carbocycles. The maximum atomic E-state index is 14.3. The van der Waals surface area contributed by atoms with Crippen molar-refractivity contribution >= 4 is 28.8 Å². The van der Waals surface area contributed by atoms with Crippen LogP contribution >= 0.6 is 0 Å². The van der Waals surface area contributed by atoms with Crippen molar-refractivity contribution in [2.45, 2.75) is 24.8 Å². The Morgan fingerprint density at radius 3 is 2.10 bits per heavy atom. The molecular weight excluding hydrogens is 482 g/mol. The van der Waals surface area contributed by atoms with E-state index < -0.39 is 6.04 Å². The van der Waals surface area contributed by atoms with Crippen LogP contribution in [0, 0.1) is 0 Å². The van der Waals surface area contributed by atoms with Gasteiger partial charge in [0.2, 0.25) is 0 Å².